The lowest BCUT2D eigenvalue weighted by atomic mass is 10.00. The lowest BCUT2D eigenvalue weighted by Gasteiger charge is -2.11. The summed E-state index contributed by atoms with van der Waals surface area (Å²) in [4.78, 5) is 0. The Bertz CT molecular complexity index is 104. The van der Waals surface area contributed by atoms with Gasteiger partial charge in [-0.1, -0.05) is 90.6 Å². The number of hydrogen-bond donors (Lipinski definition) is 0. The van der Waals surface area contributed by atoms with Crippen LogP contribution >= 0.6 is 45.2 Å². The van der Waals surface area contributed by atoms with Crippen LogP contribution in [0.2, 0.25) is 0 Å². The summed E-state index contributed by atoms with van der Waals surface area (Å²) in [5.41, 5.74) is 0. The zero-order valence-corrected chi connectivity index (χ0v) is 13.7. The smallest absolute Gasteiger partial charge is 0.00239 e. The molecule has 0 rings (SSSR count). The number of alkyl halides is 2. The van der Waals surface area contributed by atoms with Crippen LogP contribution in [-0.2, 0) is 0 Å². The van der Waals surface area contributed by atoms with Gasteiger partial charge in [0.2, 0.25) is 0 Å². The monoisotopic (exact) mass is 422 g/mol. The Balaban J connectivity index is 3.15. The minimum atomic E-state index is 0.999. The van der Waals surface area contributed by atoms with Crippen molar-refractivity contribution in [2.24, 2.45) is 5.92 Å². The summed E-state index contributed by atoms with van der Waals surface area (Å²) in [5.74, 6) is 0.999. The molecule has 86 valence electrons. The third kappa shape index (κ3) is 9.99. The van der Waals surface area contributed by atoms with Crippen LogP contribution in [0, 0.1) is 5.92 Å². The van der Waals surface area contributed by atoms with E-state index in [0.717, 1.165) is 5.92 Å². The lowest BCUT2D eigenvalue weighted by Crippen LogP contribution is -2.02. The van der Waals surface area contributed by atoms with Crippen molar-refractivity contribution in [2.45, 2.75) is 58.3 Å². The highest BCUT2D eigenvalue weighted by molar-refractivity contribution is 14.1. The summed E-state index contributed by atoms with van der Waals surface area (Å²) in [7, 11) is 0. The molecule has 0 aromatic heterocycles. The molecular weight excluding hydrogens is 398 g/mol. The second-order valence-electron chi connectivity index (χ2n) is 4.05. The molecule has 14 heavy (non-hydrogen) atoms. The van der Waals surface area contributed by atoms with E-state index in [9.17, 15) is 0 Å². The highest BCUT2D eigenvalue weighted by atomic mass is 127. The molecule has 0 aromatic carbocycles. The van der Waals surface area contributed by atoms with E-state index in [1.54, 1.807) is 0 Å². The standard InChI is InChI=1S/C12H24I2/c1-2-3-4-5-6-7-8-12(11-14)9-10-13/h12H,2-11H2,1H3. The molecular formula is C12H24I2. The highest BCUT2D eigenvalue weighted by Crippen LogP contribution is 2.18. The maximum absolute atomic E-state index is 2.54. The van der Waals surface area contributed by atoms with E-state index < -0.39 is 0 Å². The third-order valence-electron chi connectivity index (χ3n) is 2.70. The summed E-state index contributed by atoms with van der Waals surface area (Å²) in [5, 5.41) is 0. The second kappa shape index (κ2) is 12.5. The van der Waals surface area contributed by atoms with Crippen LogP contribution in [0.25, 0.3) is 0 Å². The van der Waals surface area contributed by atoms with Crippen molar-refractivity contribution in [3.05, 3.63) is 0 Å². The molecule has 0 saturated carbocycles. The molecule has 0 nitrogen and oxygen atoms in total. The first-order valence-electron chi connectivity index (χ1n) is 5.97. The molecule has 0 aliphatic carbocycles. The van der Waals surface area contributed by atoms with Crippen LogP contribution in [0.15, 0.2) is 0 Å². The molecule has 1 unspecified atom stereocenters. The van der Waals surface area contributed by atoms with Gasteiger partial charge >= 0.3 is 0 Å². The Kier molecular flexibility index (Phi) is 13.8. The van der Waals surface area contributed by atoms with Crippen molar-refractivity contribution in [3.8, 4) is 0 Å². The summed E-state index contributed by atoms with van der Waals surface area (Å²) >= 11 is 5.05. The van der Waals surface area contributed by atoms with Crippen LogP contribution in [0.5, 0.6) is 0 Å². The maximum Gasteiger partial charge on any atom is 0.00239 e. The maximum atomic E-state index is 2.54. The minimum absolute atomic E-state index is 0.999. The average molecular weight is 422 g/mol. The van der Waals surface area contributed by atoms with E-state index in [4.69, 9.17) is 0 Å². The first-order valence-corrected chi connectivity index (χ1v) is 9.02. The van der Waals surface area contributed by atoms with Gasteiger partial charge < -0.3 is 0 Å². The molecule has 0 amide bonds. The molecule has 0 saturated heterocycles. The van der Waals surface area contributed by atoms with Gasteiger partial charge in [0, 0.05) is 4.43 Å². The fraction of sp³-hybridized carbons (Fsp3) is 1.00. The zero-order valence-electron chi connectivity index (χ0n) is 9.40. The number of rotatable bonds is 10. The Morgan fingerprint density at radius 3 is 2.07 bits per heavy atom. The van der Waals surface area contributed by atoms with Gasteiger partial charge in [-0.3, -0.25) is 0 Å². The quantitative estimate of drug-likeness (QED) is 0.244. The van der Waals surface area contributed by atoms with Crippen molar-refractivity contribution in [1.82, 2.24) is 0 Å². The van der Waals surface area contributed by atoms with Gasteiger partial charge in [0.15, 0.2) is 0 Å². The second-order valence-corrected chi connectivity index (χ2v) is 6.01. The van der Waals surface area contributed by atoms with Crippen LogP contribution in [0.1, 0.15) is 58.3 Å². The van der Waals surface area contributed by atoms with Gasteiger partial charge in [-0.2, -0.15) is 0 Å². The Hall–Kier alpha value is 1.46. The summed E-state index contributed by atoms with van der Waals surface area (Å²) in [6.07, 6.45) is 11.6. The number of hydrogen-bond acceptors (Lipinski definition) is 0. The van der Waals surface area contributed by atoms with E-state index in [0.29, 0.717) is 0 Å². The number of unbranched alkanes of at least 4 members (excludes halogenated alkanes) is 5. The largest absolute Gasteiger partial charge is 0.0864 e. The molecule has 0 aliphatic rings. The van der Waals surface area contributed by atoms with Crippen LogP contribution < -0.4 is 0 Å². The van der Waals surface area contributed by atoms with Crippen molar-refractivity contribution in [2.75, 3.05) is 8.86 Å². The third-order valence-corrected chi connectivity index (χ3v) is 4.57. The summed E-state index contributed by atoms with van der Waals surface area (Å²) < 4.78 is 2.69. The van der Waals surface area contributed by atoms with Crippen molar-refractivity contribution >= 4 is 45.2 Å². The summed E-state index contributed by atoms with van der Waals surface area (Å²) in [6, 6.07) is 0. The Morgan fingerprint density at radius 1 is 0.857 bits per heavy atom. The minimum Gasteiger partial charge on any atom is -0.0864 e. The average Bonchev–Trinajstić information content (AvgIpc) is 2.21. The van der Waals surface area contributed by atoms with E-state index in [-0.39, 0.29) is 0 Å². The zero-order chi connectivity index (χ0) is 10.6. The predicted octanol–water partition coefficient (Wildman–Crippen LogP) is 5.61. The van der Waals surface area contributed by atoms with Crippen LogP contribution in [0.4, 0.5) is 0 Å². The van der Waals surface area contributed by atoms with E-state index in [2.05, 4.69) is 52.1 Å². The molecule has 1 atom stereocenters. The Morgan fingerprint density at radius 2 is 1.50 bits per heavy atom. The first kappa shape index (κ1) is 15.5. The summed E-state index contributed by atoms with van der Waals surface area (Å²) in [6.45, 7) is 2.28. The molecule has 0 radical (unpaired) electrons. The fourth-order valence-electron chi connectivity index (χ4n) is 1.67. The SMILES string of the molecule is CCCCCCCCC(CI)CCI. The van der Waals surface area contributed by atoms with Gasteiger partial charge in [0.1, 0.15) is 0 Å². The predicted molar refractivity (Wildman–Crippen MR) is 83.9 cm³/mol. The molecule has 0 spiro atoms. The normalized spacial score (nSPS) is 13.1. The molecule has 2 heteroatoms. The van der Waals surface area contributed by atoms with Crippen molar-refractivity contribution in [3.63, 3.8) is 0 Å². The first-order chi connectivity index (χ1) is 6.85. The van der Waals surface area contributed by atoms with E-state index >= 15 is 0 Å². The van der Waals surface area contributed by atoms with Crippen LogP contribution in [-0.4, -0.2) is 8.86 Å². The molecule has 0 heterocycles. The van der Waals surface area contributed by atoms with Gasteiger partial charge in [0.25, 0.3) is 0 Å². The van der Waals surface area contributed by atoms with Gasteiger partial charge in [0.05, 0.1) is 0 Å². The van der Waals surface area contributed by atoms with Crippen molar-refractivity contribution in [1.29, 1.82) is 0 Å². The fourth-order valence-corrected chi connectivity index (χ4v) is 3.43. The molecule has 0 bridgehead atoms. The highest BCUT2D eigenvalue weighted by Gasteiger charge is 2.05. The topological polar surface area (TPSA) is 0 Å². The lowest BCUT2D eigenvalue weighted by molar-refractivity contribution is 0.487. The van der Waals surface area contributed by atoms with E-state index in [1.165, 1.54) is 60.2 Å². The van der Waals surface area contributed by atoms with E-state index in [1.807, 2.05) is 0 Å². The molecule has 0 aromatic rings. The molecule has 0 N–H and O–H groups in total. The molecule has 0 fully saturated rings. The van der Waals surface area contributed by atoms with Gasteiger partial charge in [-0.15, -0.1) is 0 Å². The Labute approximate surface area is 117 Å². The van der Waals surface area contributed by atoms with Gasteiger partial charge in [-0.25, -0.2) is 0 Å². The van der Waals surface area contributed by atoms with Crippen LogP contribution in [0.3, 0.4) is 0 Å². The van der Waals surface area contributed by atoms with Crippen molar-refractivity contribution < 1.29 is 0 Å². The van der Waals surface area contributed by atoms with Gasteiger partial charge in [-0.05, 0) is 23.2 Å². The number of halogens is 2. The molecule has 0 aliphatic heterocycles.